The zero-order chi connectivity index (χ0) is 15.1. The van der Waals surface area contributed by atoms with E-state index < -0.39 is 11.0 Å². The molecular formula is C12H20N4O4. The summed E-state index contributed by atoms with van der Waals surface area (Å²) in [7, 11) is 0. The van der Waals surface area contributed by atoms with Crippen molar-refractivity contribution in [3.63, 3.8) is 0 Å². The standard InChI is InChI=1S/C12H20N4O4/c1-3-15-8-10(16(19)20)6-11(15)12(18)14-5-4-13-7-9(2)17/h6,8-9,13,17H,3-5,7H2,1-2H3,(H,14,18). The Bertz CT molecular complexity index is 470. The molecule has 8 nitrogen and oxygen atoms in total. The van der Waals surface area contributed by atoms with Crippen LogP contribution in [0.25, 0.3) is 0 Å². The van der Waals surface area contributed by atoms with Crippen LogP contribution in [-0.4, -0.2) is 46.2 Å². The second-order valence-corrected chi connectivity index (χ2v) is 4.44. The summed E-state index contributed by atoms with van der Waals surface area (Å²) in [6, 6.07) is 1.27. The molecule has 0 fully saturated rings. The molecule has 1 aromatic rings. The van der Waals surface area contributed by atoms with Gasteiger partial charge in [-0.2, -0.15) is 0 Å². The molecule has 0 aliphatic rings. The van der Waals surface area contributed by atoms with E-state index in [9.17, 15) is 14.9 Å². The van der Waals surface area contributed by atoms with E-state index in [1.54, 1.807) is 6.92 Å². The number of carbonyl (C=O) groups is 1. The summed E-state index contributed by atoms with van der Waals surface area (Å²) < 4.78 is 1.54. The lowest BCUT2D eigenvalue weighted by atomic mass is 10.3. The number of hydrogen-bond acceptors (Lipinski definition) is 5. The molecule has 1 aromatic heterocycles. The molecule has 8 heteroatoms. The van der Waals surface area contributed by atoms with Crippen LogP contribution in [0.1, 0.15) is 24.3 Å². The predicted molar refractivity (Wildman–Crippen MR) is 73.6 cm³/mol. The zero-order valence-electron chi connectivity index (χ0n) is 11.6. The molecule has 0 spiro atoms. The minimum atomic E-state index is -0.521. The third kappa shape index (κ3) is 4.63. The molecule has 1 unspecified atom stereocenters. The Kier molecular flexibility index (Phi) is 6.13. The third-order valence-electron chi connectivity index (χ3n) is 2.69. The summed E-state index contributed by atoms with van der Waals surface area (Å²) in [6.45, 7) is 5.31. The van der Waals surface area contributed by atoms with Crippen molar-refractivity contribution in [3.05, 3.63) is 28.1 Å². The fraction of sp³-hybridized carbons (Fsp3) is 0.583. The number of rotatable bonds is 8. The fourth-order valence-corrected chi connectivity index (χ4v) is 1.71. The molecule has 0 bridgehead atoms. The summed E-state index contributed by atoms with van der Waals surface area (Å²) in [5.74, 6) is -0.348. The van der Waals surface area contributed by atoms with E-state index >= 15 is 0 Å². The normalized spacial score (nSPS) is 12.2. The van der Waals surface area contributed by atoms with E-state index in [4.69, 9.17) is 5.11 Å². The van der Waals surface area contributed by atoms with Crippen molar-refractivity contribution in [1.82, 2.24) is 15.2 Å². The van der Waals surface area contributed by atoms with Crippen LogP contribution < -0.4 is 10.6 Å². The Morgan fingerprint density at radius 2 is 2.25 bits per heavy atom. The summed E-state index contributed by atoms with van der Waals surface area (Å²) >= 11 is 0. The van der Waals surface area contributed by atoms with Crippen LogP contribution in [0.4, 0.5) is 5.69 Å². The third-order valence-corrected chi connectivity index (χ3v) is 2.69. The Hall–Kier alpha value is -1.93. The molecule has 0 radical (unpaired) electrons. The monoisotopic (exact) mass is 284 g/mol. The fourth-order valence-electron chi connectivity index (χ4n) is 1.71. The summed E-state index contributed by atoms with van der Waals surface area (Å²) in [5, 5.41) is 25.4. The first-order valence-corrected chi connectivity index (χ1v) is 6.47. The molecule has 0 aliphatic heterocycles. The molecular weight excluding hydrogens is 264 g/mol. The molecule has 1 heterocycles. The Morgan fingerprint density at radius 3 is 2.80 bits per heavy atom. The quantitative estimate of drug-likeness (QED) is 0.357. The van der Waals surface area contributed by atoms with Gasteiger partial charge in [0, 0.05) is 32.2 Å². The van der Waals surface area contributed by atoms with Crippen LogP contribution in [0.5, 0.6) is 0 Å². The maximum absolute atomic E-state index is 11.9. The highest BCUT2D eigenvalue weighted by atomic mass is 16.6. The van der Waals surface area contributed by atoms with Crippen molar-refractivity contribution in [1.29, 1.82) is 0 Å². The number of nitro groups is 1. The summed E-state index contributed by atoms with van der Waals surface area (Å²) in [4.78, 5) is 22.1. The maximum Gasteiger partial charge on any atom is 0.287 e. The van der Waals surface area contributed by atoms with E-state index in [1.165, 1.54) is 16.8 Å². The van der Waals surface area contributed by atoms with E-state index in [0.717, 1.165) is 0 Å². The maximum atomic E-state index is 11.9. The lowest BCUT2D eigenvalue weighted by molar-refractivity contribution is -0.384. The van der Waals surface area contributed by atoms with E-state index in [0.29, 0.717) is 26.2 Å². The summed E-state index contributed by atoms with van der Waals surface area (Å²) in [5.41, 5.74) is 0.180. The first kappa shape index (κ1) is 16.1. The van der Waals surface area contributed by atoms with Crippen LogP contribution >= 0.6 is 0 Å². The molecule has 112 valence electrons. The van der Waals surface area contributed by atoms with E-state index in [1.807, 2.05) is 6.92 Å². The first-order chi connectivity index (χ1) is 9.45. The van der Waals surface area contributed by atoms with Gasteiger partial charge in [-0.25, -0.2) is 0 Å². The van der Waals surface area contributed by atoms with Gasteiger partial charge in [0.1, 0.15) is 5.69 Å². The molecule has 1 amide bonds. The Balaban J connectivity index is 2.52. The Labute approximate surface area is 116 Å². The van der Waals surface area contributed by atoms with Gasteiger partial charge in [0.25, 0.3) is 11.6 Å². The first-order valence-electron chi connectivity index (χ1n) is 6.47. The van der Waals surface area contributed by atoms with E-state index in [2.05, 4.69) is 10.6 Å². The molecule has 1 atom stereocenters. The average molecular weight is 284 g/mol. The van der Waals surface area contributed by atoms with Crippen LogP contribution in [0.2, 0.25) is 0 Å². The van der Waals surface area contributed by atoms with Gasteiger partial charge >= 0.3 is 0 Å². The van der Waals surface area contributed by atoms with Crippen molar-refractivity contribution in [2.45, 2.75) is 26.5 Å². The van der Waals surface area contributed by atoms with Gasteiger partial charge in [-0.05, 0) is 13.8 Å². The van der Waals surface area contributed by atoms with Gasteiger partial charge < -0.3 is 20.3 Å². The van der Waals surface area contributed by atoms with Crippen LogP contribution in [-0.2, 0) is 6.54 Å². The number of aryl methyl sites for hydroxylation is 1. The van der Waals surface area contributed by atoms with Gasteiger partial charge in [0.2, 0.25) is 0 Å². The van der Waals surface area contributed by atoms with E-state index in [-0.39, 0.29) is 17.3 Å². The smallest absolute Gasteiger partial charge is 0.287 e. The van der Waals surface area contributed by atoms with Gasteiger partial charge in [-0.1, -0.05) is 0 Å². The number of hydrogen-bond donors (Lipinski definition) is 3. The number of amides is 1. The number of nitrogens with zero attached hydrogens (tertiary/aromatic N) is 2. The van der Waals surface area contributed by atoms with Crippen LogP contribution in [0.15, 0.2) is 12.3 Å². The highest BCUT2D eigenvalue weighted by Gasteiger charge is 2.18. The molecule has 1 rings (SSSR count). The number of aliphatic hydroxyl groups excluding tert-OH is 1. The highest BCUT2D eigenvalue weighted by molar-refractivity contribution is 5.93. The van der Waals surface area contributed by atoms with Crippen LogP contribution in [0, 0.1) is 10.1 Å². The summed E-state index contributed by atoms with van der Waals surface area (Å²) in [6.07, 6.45) is 0.909. The Morgan fingerprint density at radius 1 is 1.55 bits per heavy atom. The van der Waals surface area contributed by atoms with Gasteiger partial charge in [0.15, 0.2) is 0 Å². The van der Waals surface area contributed by atoms with Gasteiger partial charge in [-0.15, -0.1) is 0 Å². The van der Waals surface area contributed by atoms with Crippen molar-refractivity contribution in [2.75, 3.05) is 19.6 Å². The minimum Gasteiger partial charge on any atom is -0.392 e. The van der Waals surface area contributed by atoms with Crippen molar-refractivity contribution in [3.8, 4) is 0 Å². The lowest BCUT2D eigenvalue weighted by Gasteiger charge is -2.09. The van der Waals surface area contributed by atoms with Crippen LogP contribution in [0.3, 0.4) is 0 Å². The average Bonchev–Trinajstić information content (AvgIpc) is 2.82. The zero-order valence-corrected chi connectivity index (χ0v) is 11.6. The minimum absolute atomic E-state index is 0.0933. The van der Waals surface area contributed by atoms with Gasteiger partial charge in [0.05, 0.1) is 17.2 Å². The second-order valence-electron chi connectivity index (χ2n) is 4.44. The SMILES string of the molecule is CCn1cc([N+](=O)[O-])cc1C(=O)NCCNCC(C)O. The molecule has 0 aromatic carbocycles. The topological polar surface area (TPSA) is 109 Å². The molecule has 20 heavy (non-hydrogen) atoms. The molecule has 3 N–H and O–H groups in total. The predicted octanol–water partition coefficient (Wildman–Crippen LogP) is 0.116. The number of carbonyl (C=O) groups excluding carboxylic acids is 1. The largest absolute Gasteiger partial charge is 0.392 e. The number of nitrogens with one attached hydrogen (secondary N) is 2. The molecule has 0 aliphatic carbocycles. The van der Waals surface area contributed by atoms with Gasteiger partial charge in [-0.3, -0.25) is 14.9 Å². The van der Waals surface area contributed by atoms with Crippen molar-refractivity contribution in [2.24, 2.45) is 0 Å². The van der Waals surface area contributed by atoms with Crippen molar-refractivity contribution >= 4 is 11.6 Å². The second kappa shape index (κ2) is 7.61. The molecule has 0 saturated heterocycles. The number of aliphatic hydroxyl groups is 1. The highest BCUT2D eigenvalue weighted by Crippen LogP contribution is 2.16. The molecule has 0 saturated carbocycles. The number of aromatic nitrogens is 1. The van der Waals surface area contributed by atoms with Crippen molar-refractivity contribution < 1.29 is 14.8 Å². The lowest BCUT2D eigenvalue weighted by Crippen LogP contribution is -2.35.